The molecule has 0 aliphatic heterocycles. The molecule has 8 heavy (non-hydrogen) atoms. The van der Waals surface area contributed by atoms with Gasteiger partial charge in [0, 0.05) is 0 Å². The van der Waals surface area contributed by atoms with Gasteiger partial charge in [-0.25, -0.2) is 4.89 Å². The van der Waals surface area contributed by atoms with Gasteiger partial charge in [-0.15, -0.1) is 0 Å². The molecule has 0 spiro atoms. The number of rotatable bonds is 1. The Hall–Kier alpha value is -0.340. The zero-order valence-corrected chi connectivity index (χ0v) is 4.76. The Morgan fingerprint density at radius 2 is 2.50 bits per heavy atom. The second kappa shape index (κ2) is 2.29. The van der Waals surface area contributed by atoms with Crippen molar-refractivity contribution in [2.75, 3.05) is 0 Å². The monoisotopic (exact) mass is 114 g/mol. The van der Waals surface area contributed by atoms with Crippen LogP contribution in [0, 0.1) is 0 Å². The molecule has 0 amide bonds. The molecule has 0 aromatic carbocycles. The zero-order valence-electron chi connectivity index (χ0n) is 4.76. The first-order chi connectivity index (χ1) is 3.84. The van der Waals surface area contributed by atoms with Crippen LogP contribution in [0.3, 0.4) is 0 Å². The van der Waals surface area contributed by atoms with Crippen molar-refractivity contribution in [3.63, 3.8) is 0 Å². The Bertz CT molecular complexity index is 98.7. The minimum atomic E-state index is -0.0741. The predicted molar refractivity (Wildman–Crippen MR) is 30.5 cm³/mol. The lowest BCUT2D eigenvalue weighted by molar-refractivity contribution is -0.266. The van der Waals surface area contributed by atoms with E-state index in [0.717, 1.165) is 24.8 Å². The van der Waals surface area contributed by atoms with Gasteiger partial charge in [-0.2, -0.15) is 0 Å². The van der Waals surface area contributed by atoms with Crippen LogP contribution in [0.1, 0.15) is 19.3 Å². The smallest absolute Gasteiger partial charge is 0.113 e. The third-order valence-electron chi connectivity index (χ3n) is 1.55. The Morgan fingerprint density at radius 3 is 2.75 bits per heavy atom. The van der Waals surface area contributed by atoms with Crippen LogP contribution in [-0.4, -0.2) is 11.4 Å². The normalized spacial score (nSPS) is 29.1. The molecule has 1 aliphatic carbocycles. The summed E-state index contributed by atoms with van der Waals surface area (Å²) in [7, 11) is 0. The molecule has 1 fully saturated rings. The average Bonchev–Trinajstić information content (AvgIpc) is 2.14. The summed E-state index contributed by atoms with van der Waals surface area (Å²) in [5.41, 5.74) is 1.02. The Balaban J connectivity index is 2.42. The maximum atomic E-state index is 8.18. The molecule has 0 heterocycles. The van der Waals surface area contributed by atoms with Gasteiger partial charge in [0.1, 0.15) is 6.10 Å². The summed E-state index contributed by atoms with van der Waals surface area (Å²) < 4.78 is 0. The minimum Gasteiger partial charge on any atom is -0.251 e. The summed E-state index contributed by atoms with van der Waals surface area (Å²) in [5, 5.41) is 8.18. The zero-order chi connectivity index (χ0) is 5.98. The molecule has 0 aromatic heterocycles. The van der Waals surface area contributed by atoms with E-state index in [1.165, 1.54) is 0 Å². The lowest BCUT2D eigenvalue weighted by Gasteiger charge is -2.03. The van der Waals surface area contributed by atoms with Crippen LogP contribution in [0.15, 0.2) is 12.2 Å². The van der Waals surface area contributed by atoms with Gasteiger partial charge in [-0.1, -0.05) is 6.58 Å². The molecule has 1 aliphatic rings. The highest BCUT2D eigenvalue weighted by molar-refractivity contribution is 5.06. The summed E-state index contributed by atoms with van der Waals surface area (Å²) in [4.78, 5) is 4.12. The van der Waals surface area contributed by atoms with Gasteiger partial charge in [0.25, 0.3) is 0 Å². The van der Waals surface area contributed by atoms with Gasteiger partial charge < -0.3 is 0 Å². The summed E-state index contributed by atoms with van der Waals surface area (Å²) in [6.07, 6.45) is 2.96. The molecule has 0 saturated heterocycles. The van der Waals surface area contributed by atoms with E-state index in [0.29, 0.717) is 0 Å². The van der Waals surface area contributed by atoms with Gasteiger partial charge in [-0.3, -0.25) is 5.26 Å². The lowest BCUT2D eigenvalue weighted by Crippen LogP contribution is -2.05. The Morgan fingerprint density at radius 1 is 1.75 bits per heavy atom. The van der Waals surface area contributed by atoms with Gasteiger partial charge in [0.05, 0.1) is 0 Å². The van der Waals surface area contributed by atoms with E-state index >= 15 is 0 Å². The van der Waals surface area contributed by atoms with E-state index in [1.807, 2.05) is 0 Å². The van der Waals surface area contributed by atoms with Crippen molar-refractivity contribution in [2.45, 2.75) is 25.4 Å². The van der Waals surface area contributed by atoms with Crippen molar-refractivity contribution in [2.24, 2.45) is 0 Å². The average molecular weight is 114 g/mol. The predicted octanol–water partition coefficient (Wildman–Crippen LogP) is 1.58. The molecule has 1 atom stereocenters. The van der Waals surface area contributed by atoms with E-state index in [1.54, 1.807) is 0 Å². The van der Waals surface area contributed by atoms with Crippen molar-refractivity contribution < 1.29 is 10.1 Å². The van der Waals surface area contributed by atoms with Crippen LogP contribution in [0.5, 0.6) is 0 Å². The fourth-order valence-corrected chi connectivity index (χ4v) is 1.01. The van der Waals surface area contributed by atoms with Crippen molar-refractivity contribution in [3.8, 4) is 0 Å². The first kappa shape index (κ1) is 5.79. The van der Waals surface area contributed by atoms with Gasteiger partial charge in [0.2, 0.25) is 0 Å². The molecule has 2 heteroatoms. The van der Waals surface area contributed by atoms with E-state index in [-0.39, 0.29) is 6.10 Å². The second-order valence-corrected chi connectivity index (χ2v) is 2.14. The fourth-order valence-electron chi connectivity index (χ4n) is 1.01. The van der Waals surface area contributed by atoms with Crippen LogP contribution >= 0.6 is 0 Å². The standard InChI is InChI=1S/C6H10O2/c1-5-3-2-4-6(5)8-7/h6-7H,1-4H2. The molecule has 0 bridgehead atoms. The lowest BCUT2D eigenvalue weighted by atomic mass is 10.2. The molecule has 46 valence electrons. The molecule has 2 nitrogen and oxygen atoms in total. The quantitative estimate of drug-likeness (QED) is 0.318. The SMILES string of the molecule is C=C1CCCC1OO. The van der Waals surface area contributed by atoms with Gasteiger partial charge >= 0.3 is 0 Å². The van der Waals surface area contributed by atoms with E-state index in [4.69, 9.17) is 5.26 Å². The largest absolute Gasteiger partial charge is 0.251 e. The van der Waals surface area contributed by atoms with Gasteiger partial charge in [0.15, 0.2) is 0 Å². The topological polar surface area (TPSA) is 29.5 Å². The molecule has 1 unspecified atom stereocenters. The van der Waals surface area contributed by atoms with Crippen molar-refractivity contribution >= 4 is 0 Å². The highest BCUT2D eigenvalue weighted by Gasteiger charge is 2.18. The van der Waals surface area contributed by atoms with Crippen LogP contribution in [0.4, 0.5) is 0 Å². The van der Waals surface area contributed by atoms with Crippen molar-refractivity contribution in [3.05, 3.63) is 12.2 Å². The molecular weight excluding hydrogens is 104 g/mol. The highest BCUT2D eigenvalue weighted by Crippen LogP contribution is 2.24. The third kappa shape index (κ3) is 0.904. The van der Waals surface area contributed by atoms with Crippen LogP contribution in [0.25, 0.3) is 0 Å². The van der Waals surface area contributed by atoms with Crippen molar-refractivity contribution in [1.29, 1.82) is 0 Å². The molecule has 0 aromatic rings. The Labute approximate surface area is 48.7 Å². The first-order valence-electron chi connectivity index (χ1n) is 2.82. The van der Waals surface area contributed by atoms with E-state index in [9.17, 15) is 0 Å². The Kier molecular flexibility index (Phi) is 1.65. The van der Waals surface area contributed by atoms with Crippen LogP contribution < -0.4 is 0 Å². The fraction of sp³-hybridized carbons (Fsp3) is 0.667. The summed E-state index contributed by atoms with van der Waals surface area (Å²) in [6, 6.07) is 0. The maximum Gasteiger partial charge on any atom is 0.113 e. The first-order valence-corrected chi connectivity index (χ1v) is 2.82. The van der Waals surface area contributed by atoms with Crippen molar-refractivity contribution in [1.82, 2.24) is 0 Å². The van der Waals surface area contributed by atoms with Crippen LogP contribution in [-0.2, 0) is 4.89 Å². The molecule has 1 saturated carbocycles. The van der Waals surface area contributed by atoms with E-state index in [2.05, 4.69) is 11.5 Å². The highest BCUT2D eigenvalue weighted by atomic mass is 17.1. The van der Waals surface area contributed by atoms with Crippen LogP contribution in [0.2, 0.25) is 0 Å². The third-order valence-corrected chi connectivity index (χ3v) is 1.55. The second-order valence-electron chi connectivity index (χ2n) is 2.14. The maximum absolute atomic E-state index is 8.18. The summed E-state index contributed by atoms with van der Waals surface area (Å²) >= 11 is 0. The molecule has 0 radical (unpaired) electrons. The molecule has 1 rings (SSSR count). The van der Waals surface area contributed by atoms with E-state index < -0.39 is 0 Å². The van der Waals surface area contributed by atoms with Gasteiger partial charge in [-0.05, 0) is 24.8 Å². The minimum absolute atomic E-state index is 0.0741. The number of hydrogen-bond donors (Lipinski definition) is 1. The number of hydrogen-bond acceptors (Lipinski definition) is 2. The molecular formula is C6H10O2. The summed E-state index contributed by atoms with van der Waals surface area (Å²) in [5.74, 6) is 0. The molecule has 1 N–H and O–H groups in total. The summed E-state index contributed by atoms with van der Waals surface area (Å²) in [6.45, 7) is 3.72.